The van der Waals surface area contributed by atoms with E-state index in [9.17, 15) is 20.2 Å². The van der Waals surface area contributed by atoms with Gasteiger partial charge < -0.3 is 17.2 Å². The number of hydrogen-bond donors (Lipinski definition) is 3. The molecule has 0 amide bonds. The Morgan fingerprint density at radius 2 is 1.65 bits per heavy atom. The Balaban J connectivity index is 3.45. The van der Waals surface area contributed by atoms with Crippen LogP contribution in [0.25, 0.3) is 0 Å². The van der Waals surface area contributed by atoms with Crippen molar-refractivity contribution in [3.63, 3.8) is 0 Å². The van der Waals surface area contributed by atoms with Crippen molar-refractivity contribution in [2.24, 2.45) is 17.2 Å². The molecule has 0 aliphatic carbocycles. The van der Waals surface area contributed by atoms with Crippen molar-refractivity contribution in [1.82, 2.24) is 0 Å². The highest BCUT2D eigenvalue weighted by molar-refractivity contribution is 5.58. The Morgan fingerprint density at radius 3 is 2.06 bits per heavy atom. The number of para-hydroxylation sites is 1. The lowest BCUT2D eigenvalue weighted by Crippen LogP contribution is -2.41. The molecule has 0 aliphatic heterocycles. The highest BCUT2D eigenvalue weighted by Gasteiger charge is 2.31. The van der Waals surface area contributed by atoms with Crippen molar-refractivity contribution in [2.45, 2.75) is 12.2 Å². The van der Waals surface area contributed by atoms with E-state index in [-0.39, 0.29) is 5.56 Å². The second-order valence-corrected chi connectivity index (χ2v) is 3.33. The van der Waals surface area contributed by atoms with Gasteiger partial charge in [0, 0.05) is 6.07 Å². The first-order valence-electron chi connectivity index (χ1n) is 4.54. The van der Waals surface area contributed by atoms with Gasteiger partial charge in [-0.1, -0.05) is 6.07 Å². The van der Waals surface area contributed by atoms with Gasteiger partial charge in [0.25, 0.3) is 0 Å². The van der Waals surface area contributed by atoms with Gasteiger partial charge in [-0.05, 0) is 6.07 Å². The van der Waals surface area contributed by atoms with Gasteiger partial charge in [-0.15, -0.1) is 0 Å². The zero-order valence-corrected chi connectivity index (χ0v) is 8.65. The number of hydrogen-bond acceptors (Lipinski definition) is 7. The molecule has 6 N–H and O–H groups in total. The molecule has 0 aliphatic rings. The maximum atomic E-state index is 10.8. The van der Waals surface area contributed by atoms with Gasteiger partial charge >= 0.3 is 11.4 Å². The molecule has 1 rings (SSSR count). The van der Waals surface area contributed by atoms with E-state index in [1.165, 1.54) is 12.1 Å². The molecule has 9 nitrogen and oxygen atoms in total. The van der Waals surface area contributed by atoms with E-state index >= 15 is 0 Å². The number of nitro groups is 2. The van der Waals surface area contributed by atoms with Crippen LogP contribution < -0.4 is 17.2 Å². The molecule has 9 heteroatoms. The van der Waals surface area contributed by atoms with Crippen LogP contribution in [-0.4, -0.2) is 16.0 Å². The maximum Gasteiger partial charge on any atom is 0.350 e. The lowest BCUT2D eigenvalue weighted by molar-refractivity contribution is -0.423. The molecule has 0 aromatic heterocycles. The zero-order chi connectivity index (χ0) is 13.2. The van der Waals surface area contributed by atoms with E-state index in [0.717, 1.165) is 6.07 Å². The van der Waals surface area contributed by atoms with Crippen molar-refractivity contribution in [1.29, 1.82) is 0 Å². The van der Waals surface area contributed by atoms with Gasteiger partial charge in [0.1, 0.15) is 0 Å². The summed E-state index contributed by atoms with van der Waals surface area (Å²) in [6.45, 7) is 0. The summed E-state index contributed by atoms with van der Waals surface area (Å²) >= 11 is 0. The third-order valence-corrected chi connectivity index (χ3v) is 2.20. The van der Waals surface area contributed by atoms with Crippen LogP contribution in [0.2, 0.25) is 0 Å². The van der Waals surface area contributed by atoms with Crippen molar-refractivity contribution in [3.8, 4) is 0 Å². The summed E-state index contributed by atoms with van der Waals surface area (Å²) in [5.41, 5.74) is 14.8. The standard InChI is InChI=1S/C8H11N5O4/c9-6(8(10)11)4-2-1-3-5(12(14)15)7(4)13(16)17/h1-3,6,8H,9-11H2. The van der Waals surface area contributed by atoms with Gasteiger partial charge in [-0.25, -0.2) is 0 Å². The van der Waals surface area contributed by atoms with E-state index in [1.54, 1.807) is 0 Å². The summed E-state index contributed by atoms with van der Waals surface area (Å²) in [5, 5.41) is 21.5. The first-order chi connectivity index (χ1) is 7.86. The molecule has 0 fully saturated rings. The van der Waals surface area contributed by atoms with E-state index in [0.29, 0.717) is 0 Å². The minimum Gasteiger partial charge on any atom is -0.321 e. The molecule has 0 saturated heterocycles. The Hall–Kier alpha value is -2.10. The largest absolute Gasteiger partial charge is 0.350 e. The second-order valence-electron chi connectivity index (χ2n) is 3.33. The van der Waals surface area contributed by atoms with Crippen LogP contribution in [0.4, 0.5) is 11.4 Å². The normalized spacial score (nSPS) is 12.5. The molecule has 0 saturated carbocycles. The third kappa shape index (κ3) is 2.53. The van der Waals surface area contributed by atoms with Gasteiger partial charge in [-0.3, -0.25) is 20.2 Å². The SMILES string of the molecule is NC(N)C(N)c1cccc([N+](=O)[O-])c1[N+](=O)[O-]. The van der Waals surface area contributed by atoms with Crippen LogP contribution in [0.15, 0.2) is 18.2 Å². The number of nitrogens with zero attached hydrogens (tertiary/aromatic N) is 2. The van der Waals surface area contributed by atoms with Crippen molar-refractivity contribution >= 4 is 11.4 Å². The summed E-state index contributed by atoms with van der Waals surface area (Å²) in [6, 6.07) is 2.57. The topological polar surface area (TPSA) is 164 Å². The molecular weight excluding hydrogens is 230 g/mol. The fourth-order valence-corrected chi connectivity index (χ4v) is 1.37. The summed E-state index contributed by atoms with van der Waals surface area (Å²) < 4.78 is 0. The fourth-order valence-electron chi connectivity index (χ4n) is 1.37. The first-order valence-corrected chi connectivity index (χ1v) is 4.54. The van der Waals surface area contributed by atoms with Crippen LogP contribution in [0.1, 0.15) is 11.6 Å². The summed E-state index contributed by atoms with van der Waals surface area (Å²) in [5.74, 6) is 0. The smallest absolute Gasteiger partial charge is 0.321 e. The van der Waals surface area contributed by atoms with E-state index in [1.807, 2.05) is 0 Å². The lowest BCUT2D eigenvalue weighted by atomic mass is 10.0. The van der Waals surface area contributed by atoms with Crippen LogP contribution in [0.3, 0.4) is 0 Å². The zero-order valence-electron chi connectivity index (χ0n) is 8.65. The third-order valence-electron chi connectivity index (χ3n) is 2.20. The predicted octanol–water partition coefficient (Wildman–Crippen LogP) is -0.254. The molecule has 0 radical (unpaired) electrons. The van der Waals surface area contributed by atoms with Crippen LogP contribution in [-0.2, 0) is 0 Å². The van der Waals surface area contributed by atoms with Crippen LogP contribution >= 0.6 is 0 Å². The summed E-state index contributed by atoms with van der Waals surface area (Å²) in [6.07, 6.45) is -1.05. The Morgan fingerprint density at radius 1 is 1.06 bits per heavy atom. The number of nitrogens with two attached hydrogens (primary N) is 3. The average Bonchev–Trinajstić information content (AvgIpc) is 2.26. The predicted molar refractivity (Wildman–Crippen MR) is 58.8 cm³/mol. The summed E-state index contributed by atoms with van der Waals surface area (Å²) in [4.78, 5) is 19.8. The van der Waals surface area contributed by atoms with E-state index in [4.69, 9.17) is 17.2 Å². The van der Waals surface area contributed by atoms with E-state index < -0.39 is 33.4 Å². The Kier molecular flexibility index (Phi) is 3.68. The monoisotopic (exact) mass is 241 g/mol. The fraction of sp³-hybridized carbons (Fsp3) is 0.250. The first kappa shape index (κ1) is 13.0. The lowest BCUT2D eigenvalue weighted by Gasteiger charge is -2.15. The average molecular weight is 241 g/mol. The van der Waals surface area contributed by atoms with Gasteiger partial charge in [0.05, 0.1) is 27.6 Å². The quantitative estimate of drug-likeness (QED) is 0.371. The molecule has 0 heterocycles. The highest BCUT2D eigenvalue weighted by atomic mass is 16.6. The van der Waals surface area contributed by atoms with Crippen LogP contribution in [0, 0.1) is 20.2 Å². The molecule has 1 aromatic carbocycles. The minimum absolute atomic E-state index is 0.0563. The molecular formula is C8H11N5O4. The molecule has 1 unspecified atom stereocenters. The van der Waals surface area contributed by atoms with Crippen molar-refractivity contribution < 1.29 is 9.85 Å². The van der Waals surface area contributed by atoms with Gasteiger partial charge in [-0.2, -0.15) is 0 Å². The molecule has 0 spiro atoms. The number of benzene rings is 1. The molecule has 92 valence electrons. The summed E-state index contributed by atoms with van der Waals surface area (Å²) in [7, 11) is 0. The Labute approximate surface area is 95.5 Å². The second kappa shape index (κ2) is 4.82. The van der Waals surface area contributed by atoms with Crippen LogP contribution in [0.5, 0.6) is 0 Å². The minimum atomic E-state index is -1.05. The molecule has 1 aromatic rings. The van der Waals surface area contributed by atoms with Gasteiger partial charge in [0.2, 0.25) is 0 Å². The maximum absolute atomic E-state index is 10.8. The van der Waals surface area contributed by atoms with Gasteiger partial charge in [0.15, 0.2) is 0 Å². The van der Waals surface area contributed by atoms with E-state index in [2.05, 4.69) is 0 Å². The van der Waals surface area contributed by atoms with Crippen molar-refractivity contribution in [2.75, 3.05) is 0 Å². The molecule has 0 bridgehead atoms. The Bertz CT molecular complexity index is 461. The molecule has 17 heavy (non-hydrogen) atoms. The highest BCUT2D eigenvalue weighted by Crippen LogP contribution is 2.33. The number of nitro benzene ring substituents is 2. The van der Waals surface area contributed by atoms with Crippen molar-refractivity contribution in [3.05, 3.63) is 44.0 Å². The molecule has 1 atom stereocenters. The number of rotatable bonds is 4.